The molecule has 0 saturated carbocycles. The fraction of sp³-hybridized carbons (Fsp3) is 0.150. The number of carbonyl (C=O) groups excluding carboxylic acids is 1. The molecule has 0 spiro atoms. The van der Waals surface area contributed by atoms with Crippen molar-refractivity contribution in [3.63, 3.8) is 0 Å². The van der Waals surface area contributed by atoms with Crippen molar-refractivity contribution >= 4 is 32.6 Å². The lowest BCUT2D eigenvalue weighted by Gasteiger charge is -2.18. The number of hydrogen-bond acceptors (Lipinski definition) is 5. The number of para-hydroxylation sites is 1. The van der Waals surface area contributed by atoms with E-state index in [1.165, 1.54) is 16.9 Å². The number of aryl methyl sites for hydroxylation is 1. The molecule has 0 radical (unpaired) electrons. The van der Waals surface area contributed by atoms with Gasteiger partial charge < -0.3 is 4.52 Å². The second-order valence-corrected chi connectivity index (χ2v) is 7.00. The van der Waals surface area contributed by atoms with Crippen LogP contribution < -0.4 is 4.90 Å². The average Bonchev–Trinajstić information content (AvgIpc) is 3.28. The first kappa shape index (κ1) is 16.5. The first-order valence-corrected chi connectivity index (χ1v) is 9.17. The Morgan fingerprint density at radius 3 is 2.62 bits per heavy atom. The van der Waals surface area contributed by atoms with Crippen LogP contribution in [0.5, 0.6) is 0 Å². The highest BCUT2D eigenvalue weighted by Gasteiger charge is 2.24. The summed E-state index contributed by atoms with van der Waals surface area (Å²) in [6.45, 7) is 2.31. The molecule has 130 valence electrons. The third kappa shape index (κ3) is 3.36. The van der Waals surface area contributed by atoms with E-state index in [9.17, 15) is 4.79 Å². The van der Waals surface area contributed by atoms with Crippen molar-refractivity contribution in [1.82, 2.24) is 10.1 Å². The predicted octanol–water partition coefficient (Wildman–Crippen LogP) is 4.48. The van der Waals surface area contributed by atoms with Crippen LogP contribution >= 0.6 is 11.3 Å². The van der Waals surface area contributed by atoms with Crippen LogP contribution in [0.1, 0.15) is 21.8 Å². The van der Waals surface area contributed by atoms with Gasteiger partial charge >= 0.3 is 0 Å². The van der Waals surface area contributed by atoms with Crippen molar-refractivity contribution in [1.29, 1.82) is 0 Å². The van der Waals surface area contributed by atoms with Gasteiger partial charge in [-0.15, -0.1) is 0 Å². The highest BCUT2D eigenvalue weighted by molar-refractivity contribution is 7.22. The van der Waals surface area contributed by atoms with Gasteiger partial charge in [0.1, 0.15) is 0 Å². The van der Waals surface area contributed by atoms with E-state index in [-0.39, 0.29) is 11.7 Å². The molecule has 2 heterocycles. The Labute approximate surface area is 154 Å². The Balaban J connectivity index is 1.67. The topological polar surface area (TPSA) is 59.2 Å². The molecule has 2 aromatic heterocycles. The molecular formula is C20H17N3O2S. The lowest BCUT2D eigenvalue weighted by atomic mass is 10.1. The summed E-state index contributed by atoms with van der Waals surface area (Å²) in [6.07, 6.45) is 0.732. The van der Waals surface area contributed by atoms with Crippen molar-refractivity contribution in [2.45, 2.75) is 13.3 Å². The molecule has 0 bridgehead atoms. The Hall–Kier alpha value is -2.99. The van der Waals surface area contributed by atoms with Gasteiger partial charge in [-0.25, -0.2) is 4.98 Å². The van der Waals surface area contributed by atoms with Gasteiger partial charge in [-0.05, 0) is 31.0 Å². The smallest absolute Gasteiger partial charge is 0.298 e. The highest BCUT2D eigenvalue weighted by Crippen LogP contribution is 2.29. The van der Waals surface area contributed by atoms with E-state index in [1.807, 2.05) is 42.5 Å². The largest absolute Gasteiger partial charge is 0.351 e. The van der Waals surface area contributed by atoms with Gasteiger partial charge in [0.25, 0.3) is 5.91 Å². The average molecular weight is 363 g/mol. The van der Waals surface area contributed by atoms with E-state index < -0.39 is 0 Å². The minimum Gasteiger partial charge on any atom is -0.351 e. The molecule has 6 heteroatoms. The van der Waals surface area contributed by atoms with Crippen molar-refractivity contribution in [2.75, 3.05) is 11.4 Å². The van der Waals surface area contributed by atoms with Crippen LogP contribution in [-0.4, -0.2) is 22.6 Å². The monoisotopic (exact) mass is 363 g/mol. The summed E-state index contributed by atoms with van der Waals surface area (Å²) in [6, 6.07) is 19.6. The minimum atomic E-state index is -0.222. The second kappa shape index (κ2) is 7.09. The maximum absolute atomic E-state index is 13.0. The Kier molecular flexibility index (Phi) is 4.50. The van der Waals surface area contributed by atoms with Gasteiger partial charge in [-0.2, -0.15) is 0 Å². The second-order valence-electron chi connectivity index (χ2n) is 5.99. The first-order valence-electron chi connectivity index (χ1n) is 8.35. The van der Waals surface area contributed by atoms with Gasteiger partial charge in [0.05, 0.1) is 15.9 Å². The number of aromatic nitrogens is 2. The Morgan fingerprint density at radius 2 is 1.88 bits per heavy atom. The SMILES string of the molecule is Cc1cc(C(=O)N(CCc2ccccc2)c2nc3ccccc3s2)on1. The summed E-state index contributed by atoms with van der Waals surface area (Å²) in [5, 5.41) is 4.50. The van der Waals surface area contributed by atoms with E-state index in [0.717, 1.165) is 16.6 Å². The lowest BCUT2D eigenvalue weighted by molar-refractivity contribution is 0.0951. The van der Waals surface area contributed by atoms with E-state index >= 15 is 0 Å². The summed E-state index contributed by atoms with van der Waals surface area (Å²) in [7, 11) is 0. The van der Waals surface area contributed by atoms with E-state index in [1.54, 1.807) is 17.9 Å². The number of rotatable bonds is 5. The molecule has 2 aromatic carbocycles. The van der Waals surface area contributed by atoms with Gasteiger partial charge in [-0.1, -0.05) is 59.0 Å². The highest BCUT2D eigenvalue weighted by atomic mass is 32.1. The summed E-state index contributed by atoms with van der Waals surface area (Å²) < 4.78 is 6.24. The summed E-state index contributed by atoms with van der Waals surface area (Å²) in [5.41, 5.74) is 2.74. The number of amides is 1. The number of thiazole rings is 1. The first-order chi connectivity index (χ1) is 12.7. The normalized spacial score (nSPS) is 11.0. The number of hydrogen-bond donors (Lipinski definition) is 0. The molecule has 0 saturated heterocycles. The summed E-state index contributed by atoms with van der Waals surface area (Å²) in [5.74, 6) is 0.00963. The molecule has 0 atom stereocenters. The van der Waals surface area contributed by atoms with Crippen LogP contribution in [0.4, 0.5) is 5.13 Å². The van der Waals surface area contributed by atoms with Crippen molar-refractivity contribution in [3.05, 3.63) is 77.7 Å². The predicted molar refractivity (Wildman–Crippen MR) is 103 cm³/mol. The quantitative estimate of drug-likeness (QED) is 0.524. The zero-order chi connectivity index (χ0) is 17.9. The maximum Gasteiger partial charge on any atom is 0.298 e. The summed E-state index contributed by atoms with van der Waals surface area (Å²) >= 11 is 1.50. The molecule has 0 fully saturated rings. The zero-order valence-electron chi connectivity index (χ0n) is 14.3. The van der Waals surface area contributed by atoms with E-state index in [2.05, 4.69) is 22.3 Å². The standard InChI is InChI=1S/C20H17N3O2S/c1-14-13-17(25-22-14)19(24)23(12-11-15-7-3-2-4-8-15)20-21-16-9-5-6-10-18(16)26-20/h2-10,13H,11-12H2,1H3. The molecule has 0 unspecified atom stereocenters. The van der Waals surface area contributed by atoms with Crippen molar-refractivity contribution < 1.29 is 9.32 Å². The third-order valence-corrected chi connectivity index (χ3v) is 5.12. The molecule has 26 heavy (non-hydrogen) atoms. The summed E-state index contributed by atoms with van der Waals surface area (Å²) in [4.78, 5) is 19.3. The fourth-order valence-corrected chi connectivity index (χ4v) is 3.73. The number of nitrogens with zero attached hydrogens (tertiary/aromatic N) is 3. The van der Waals surface area contributed by atoms with Crippen LogP contribution in [0.25, 0.3) is 10.2 Å². The molecule has 0 N–H and O–H groups in total. The number of carbonyl (C=O) groups is 1. The number of fused-ring (bicyclic) bond motifs is 1. The van der Waals surface area contributed by atoms with Gasteiger partial charge in [0.15, 0.2) is 5.13 Å². The van der Waals surface area contributed by atoms with Crippen LogP contribution in [-0.2, 0) is 6.42 Å². The van der Waals surface area contributed by atoms with Crippen LogP contribution in [0.2, 0.25) is 0 Å². The fourth-order valence-electron chi connectivity index (χ4n) is 2.74. The van der Waals surface area contributed by atoms with Gasteiger partial charge in [-0.3, -0.25) is 9.69 Å². The zero-order valence-corrected chi connectivity index (χ0v) is 15.1. The lowest BCUT2D eigenvalue weighted by Crippen LogP contribution is -2.32. The number of anilines is 1. The molecular weight excluding hydrogens is 346 g/mol. The molecule has 4 rings (SSSR count). The van der Waals surface area contributed by atoms with Crippen LogP contribution in [0, 0.1) is 6.92 Å². The minimum absolute atomic E-state index is 0.222. The maximum atomic E-state index is 13.0. The molecule has 4 aromatic rings. The van der Waals surface area contributed by atoms with Crippen LogP contribution in [0.3, 0.4) is 0 Å². The number of benzene rings is 2. The van der Waals surface area contributed by atoms with E-state index in [0.29, 0.717) is 17.4 Å². The molecule has 0 aliphatic rings. The van der Waals surface area contributed by atoms with Crippen LogP contribution in [0.15, 0.2) is 65.2 Å². The molecule has 0 aliphatic heterocycles. The molecule has 1 amide bonds. The Bertz CT molecular complexity index is 1010. The van der Waals surface area contributed by atoms with E-state index in [4.69, 9.17) is 4.52 Å². The van der Waals surface area contributed by atoms with Crippen molar-refractivity contribution in [3.8, 4) is 0 Å². The Morgan fingerprint density at radius 1 is 1.12 bits per heavy atom. The van der Waals surface area contributed by atoms with Gasteiger partial charge in [0, 0.05) is 12.6 Å². The van der Waals surface area contributed by atoms with Gasteiger partial charge in [0.2, 0.25) is 5.76 Å². The molecule has 5 nitrogen and oxygen atoms in total. The van der Waals surface area contributed by atoms with Crippen molar-refractivity contribution in [2.24, 2.45) is 0 Å². The third-order valence-electron chi connectivity index (χ3n) is 4.06. The molecule has 0 aliphatic carbocycles.